The van der Waals surface area contributed by atoms with E-state index in [0.29, 0.717) is 5.56 Å². The molecule has 0 fully saturated rings. The normalized spacial score (nSPS) is 11.8. The number of furan rings is 1. The molecule has 0 spiro atoms. The lowest BCUT2D eigenvalue weighted by Gasteiger charge is -2.10. The highest BCUT2D eigenvalue weighted by atomic mass is 32.1. The molecule has 0 radical (unpaired) electrons. The Hall–Kier alpha value is -6.15. The van der Waals surface area contributed by atoms with Crippen LogP contribution in [0.1, 0.15) is 5.56 Å². The zero-order valence-corrected chi connectivity index (χ0v) is 25.9. The Morgan fingerprint density at radius 1 is 0.511 bits per heavy atom. The van der Waals surface area contributed by atoms with Crippen LogP contribution in [0.3, 0.4) is 0 Å². The van der Waals surface area contributed by atoms with Crippen LogP contribution in [-0.2, 0) is 0 Å². The second-order valence-electron chi connectivity index (χ2n) is 12.0. The Morgan fingerprint density at radius 3 is 2.13 bits per heavy atom. The number of nitriles is 1. The van der Waals surface area contributed by atoms with E-state index < -0.39 is 0 Å². The standard InChI is InChI=1S/C43H24N2OS/c44-25-29-22-28(30-14-8-15-33-32-13-5-7-19-40(32)46-41(30)33)24-36-34-16-9-18-39(43(34)47-42(29)36)45-37-17-6-4-12-31(37)35-23-27(20-21-38(35)45)26-10-2-1-3-11-26/h1-24H. The molecular formula is C43H24N2OS. The highest BCUT2D eigenvalue weighted by Crippen LogP contribution is 2.45. The Bertz CT molecular complexity index is 2920. The van der Waals surface area contributed by atoms with Gasteiger partial charge >= 0.3 is 0 Å². The number of hydrogen-bond donors (Lipinski definition) is 0. The van der Waals surface area contributed by atoms with Crippen molar-refractivity contribution in [2.75, 3.05) is 0 Å². The molecule has 10 rings (SSSR count). The molecule has 0 aliphatic rings. The topological polar surface area (TPSA) is 41.9 Å². The zero-order valence-electron chi connectivity index (χ0n) is 25.1. The molecule has 0 bridgehead atoms. The molecular weight excluding hydrogens is 593 g/mol. The lowest BCUT2D eigenvalue weighted by molar-refractivity contribution is 0.670. The molecule has 0 amide bonds. The third kappa shape index (κ3) is 3.78. The van der Waals surface area contributed by atoms with Gasteiger partial charge in [0.15, 0.2) is 0 Å². The summed E-state index contributed by atoms with van der Waals surface area (Å²) in [5, 5.41) is 17.3. The molecule has 218 valence electrons. The van der Waals surface area contributed by atoms with Crippen LogP contribution in [-0.4, -0.2) is 4.57 Å². The first kappa shape index (κ1) is 26.1. The first-order valence-corrected chi connectivity index (χ1v) is 16.5. The van der Waals surface area contributed by atoms with Crippen molar-refractivity contribution in [3.8, 4) is 34.0 Å². The minimum absolute atomic E-state index is 0.674. The van der Waals surface area contributed by atoms with Gasteiger partial charge in [0.1, 0.15) is 17.2 Å². The maximum atomic E-state index is 10.4. The molecule has 0 N–H and O–H groups in total. The van der Waals surface area contributed by atoms with E-state index in [1.807, 2.05) is 24.3 Å². The number of rotatable bonds is 3. The van der Waals surface area contributed by atoms with Crippen LogP contribution in [0.5, 0.6) is 0 Å². The van der Waals surface area contributed by atoms with E-state index in [9.17, 15) is 5.26 Å². The maximum absolute atomic E-state index is 10.4. The summed E-state index contributed by atoms with van der Waals surface area (Å²) < 4.78 is 10.9. The highest BCUT2D eigenvalue weighted by Gasteiger charge is 2.20. The number of thiophene rings is 1. The van der Waals surface area contributed by atoms with E-state index in [0.717, 1.165) is 70.0 Å². The van der Waals surface area contributed by atoms with Crippen LogP contribution in [0, 0.1) is 11.3 Å². The molecule has 0 saturated carbocycles. The smallest absolute Gasteiger partial charge is 0.143 e. The van der Waals surface area contributed by atoms with Gasteiger partial charge in [-0.1, -0.05) is 103 Å². The van der Waals surface area contributed by atoms with E-state index in [1.54, 1.807) is 11.3 Å². The fraction of sp³-hybridized carbons (Fsp3) is 0. The van der Waals surface area contributed by atoms with Gasteiger partial charge in [-0.25, -0.2) is 0 Å². The minimum atomic E-state index is 0.674. The Morgan fingerprint density at radius 2 is 1.23 bits per heavy atom. The first-order valence-electron chi connectivity index (χ1n) is 15.7. The predicted molar refractivity (Wildman–Crippen MR) is 197 cm³/mol. The van der Waals surface area contributed by atoms with Gasteiger partial charge in [-0.3, -0.25) is 0 Å². The molecule has 0 saturated heterocycles. The van der Waals surface area contributed by atoms with E-state index in [2.05, 4.69) is 132 Å². The average Bonchev–Trinajstić information content (AvgIpc) is 3.81. The van der Waals surface area contributed by atoms with E-state index in [1.165, 1.54) is 21.9 Å². The van der Waals surface area contributed by atoms with Gasteiger partial charge in [0.25, 0.3) is 0 Å². The number of aromatic nitrogens is 1. The fourth-order valence-electron chi connectivity index (χ4n) is 7.32. The van der Waals surface area contributed by atoms with Gasteiger partial charge in [-0.05, 0) is 59.2 Å². The predicted octanol–water partition coefficient (Wildman–Crippen LogP) is 12.3. The third-order valence-electron chi connectivity index (χ3n) is 9.43. The Balaban J connectivity index is 1.23. The molecule has 0 atom stereocenters. The number of para-hydroxylation sites is 3. The zero-order chi connectivity index (χ0) is 31.1. The van der Waals surface area contributed by atoms with Gasteiger partial charge in [0.05, 0.1) is 31.7 Å². The molecule has 0 unspecified atom stereocenters. The van der Waals surface area contributed by atoms with Gasteiger partial charge in [-0.2, -0.15) is 5.26 Å². The van der Waals surface area contributed by atoms with Crippen molar-refractivity contribution in [3.05, 3.63) is 151 Å². The van der Waals surface area contributed by atoms with Gasteiger partial charge in [0.2, 0.25) is 0 Å². The van der Waals surface area contributed by atoms with Crippen molar-refractivity contribution in [1.82, 2.24) is 4.57 Å². The van der Waals surface area contributed by atoms with Crippen molar-refractivity contribution in [2.45, 2.75) is 0 Å². The van der Waals surface area contributed by atoms with Crippen LogP contribution < -0.4 is 0 Å². The van der Waals surface area contributed by atoms with Crippen LogP contribution in [0.2, 0.25) is 0 Å². The summed E-state index contributed by atoms with van der Waals surface area (Å²) in [6, 6.07) is 53.7. The van der Waals surface area contributed by atoms with E-state index in [4.69, 9.17) is 4.42 Å². The molecule has 47 heavy (non-hydrogen) atoms. The minimum Gasteiger partial charge on any atom is -0.455 e. The van der Waals surface area contributed by atoms with Crippen LogP contribution in [0.25, 0.3) is 91.9 Å². The molecule has 10 aromatic rings. The lowest BCUT2D eigenvalue weighted by atomic mass is 9.98. The SMILES string of the molecule is N#Cc1cc(-c2cccc3c2oc2ccccc23)cc2c1sc1c(-n3c4ccccc4c4cc(-c5ccccc5)ccc43)cccc12. The fourth-order valence-corrected chi connectivity index (χ4v) is 8.57. The quantitative estimate of drug-likeness (QED) is 0.198. The molecule has 3 heterocycles. The van der Waals surface area contributed by atoms with Crippen LogP contribution in [0.15, 0.2) is 150 Å². The van der Waals surface area contributed by atoms with Crippen LogP contribution in [0.4, 0.5) is 0 Å². The van der Waals surface area contributed by atoms with Crippen molar-refractivity contribution >= 4 is 75.3 Å². The number of benzene rings is 7. The monoisotopic (exact) mass is 616 g/mol. The Labute approximate surface area is 273 Å². The summed E-state index contributed by atoms with van der Waals surface area (Å²) >= 11 is 1.70. The number of hydrogen-bond acceptors (Lipinski definition) is 3. The summed E-state index contributed by atoms with van der Waals surface area (Å²) in [5.41, 5.74) is 10.2. The van der Waals surface area contributed by atoms with Crippen molar-refractivity contribution in [1.29, 1.82) is 5.26 Å². The summed E-state index contributed by atoms with van der Waals surface area (Å²) in [7, 11) is 0. The highest BCUT2D eigenvalue weighted by molar-refractivity contribution is 7.26. The number of fused-ring (bicyclic) bond motifs is 9. The lowest BCUT2D eigenvalue weighted by Crippen LogP contribution is -1.93. The summed E-state index contributed by atoms with van der Waals surface area (Å²) in [4.78, 5) is 0. The molecule has 0 aliphatic carbocycles. The van der Waals surface area contributed by atoms with Gasteiger partial charge in [-0.15, -0.1) is 11.3 Å². The summed E-state index contributed by atoms with van der Waals surface area (Å²) in [6.45, 7) is 0. The van der Waals surface area contributed by atoms with E-state index in [-0.39, 0.29) is 0 Å². The average molecular weight is 617 g/mol. The Kier molecular flexibility index (Phi) is 5.51. The van der Waals surface area contributed by atoms with Gasteiger partial charge < -0.3 is 8.98 Å². The largest absolute Gasteiger partial charge is 0.455 e. The summed E-state index contributed by atoms with van der Waals surface area (Å²) in [6.07, 6.45) is 0. The first-order chi connectivity index (χ1) is 23.3. The molecule has 3 aromatic heterocycles. The van der Waals surface area contributed by atoms with Crippen molar-refractivity contribution in [3.63, 3.8) is 0 Å². The molecule has 4 heteroatoms. The van der Waals surface area contributed by atoms with Crippen LogP contribution >= 0.6 is 11.3 Å². The van der Waals surface area contributed by atoms with Crippen molar-refractivity contribution < 1.29 is 4.42 Å². The molecule has 0 aliphatic heterocycles. The maximum Gasteiger partial charge on any atom is 0.143 e. The van der Waals surface area contributed by atoms with Gasteiger partial charge in [0, 0.05) is 37.9 Å². The van der Waals surface area contributed by atoms with E-state index >= 15 is 0 Å². The molecule has 7 aromatic carbocycles. The van der Waals surface area contributed by atoms with Crippen molar-refractivity contribution in [2.24, 2.45) is 0 Å². The number of nitrogens with zero attached hydrogens (tertiary/aromatic N) is 2. The molecule has 3 nitrogen and oxygen atoms in total. The second kappa shape index (κ2) is 9.92. The second-order valence-corrected chi connectivity index (χ2v) is 13.0. The third-order valence-corrected chi connectivity index (χ3v) is 10.7. The summed E-state index contributed by atoms with van der Waals surface area (Å²) in [5.74, 6) is 0.